The second kappa shape index (κ2) is 6.75. The molecule has 0 amide bonds. The quantitative estimate of drug-likeness (QED) is 0.921. The van der Waals surface area contributed by atoms with Crippen LogP contribution >= 0.6 is 23.4 Å². The third-order valence-electron chi connectivity index (χ3n) is 3.11. The number of thioether (sulfide) groups is 1. The molecule has 1 aromatic rings. The molecule has 0 radical (unpaired) electrons. The Labute approximate surface area is 116 Å². The van der Waals surface area contributed by atoms with Crippen molar-refractivity contribution in [2.75, 3.05) is 25.2 Å². The highest BCUT2D eigenvalue weighted by molar-refractivity contribution is 7.99. The van der Waals surface area contributed by atoms with Crippen molar-refractivity contribution in [2.24, 2.45) is 0 Å². The van der Waals surface area contributed by atoms with Crippen molar-refractivity contribution >= 4 is 23.4 Å². The lowest BCUT2D eigenvalue weighted by atomic mass is 10.0. The van der Waals surface area contributed by atoms with Gasteiger partial charge in [0.25, 0.3) is 0 Å². The third kappa shape index (κ3) is 3.60. The van der Waals surface area contributed by atoms with Gasteiger partial charge >= 0.3 is 0 Å². The predicted octanol–water partition coefficient (Wildman–Crippen LogP) is 2.74. The molecule has 100 valence electrons. The molecular weight excluding hydrogens is 273 g/mol. The maximum absolute atomic E-state index is 13.7. The molecule has 0 aromatic heterocycles. The molecule has 1 fully saturated rings. The van der Waals surface area contributed by atoms with Gasteiger partial charge in [0.05, 0.1) is 12.7 Å². The van der Waals surface area contributed by atoms with E-state index in [1.807, 2.05) is 18.8 Å². The average molecular weight is 290 g/mol. The Bertz CT molecular complexity index is 399. The van der Waals surface area contributed by atoms with Crippen molar-refractivity contribution in [3.63, 3.8) is 0 Å². The number of ether oxygens (including phenoxy) is 1. The minimum absolute atomic E-state index is 0.116. The van der Waals surface area contributed by atoms with Crippen LogP contribution in [0.15, 0.2) is 18.2 Å². The third-order valence-corrected chi connectivity index (χ3v) is 4.36. The van der Waals surface area contributed by atoms with Gasteiger partial charge < -0.3 is 10.1 Å². The van der Waals surface area contributed by atoms with E-state index in [4.69, 9.17) is 16.3 Å². The summed E-state index contributed by atoms with van der Waals surface area (Å²) < 4.78 is 19.4. The number of hydrogen-bond acceptors (Lipinski definition) is 3. The van der Waals surface area contributed by atoms with E-state index in [0.29, 0.717) is 17.0 Å². The standard InChI is InChI=1S/C13H17ClFNOS/c1-16-12(13-8-18-5-4-17-13)7-9-6-10(14)2-3-11(9)15/h2-3,6,12-13,16H,4-5,7-8H2,1H3. The van der Waals surface area contributed by atoms with Crippen LogP contribution in [-0.2, 0) is 11.2 Å². The fourth-order valence-corrected chi connectivity index (χ4v) is 3.23. The summed E-state index contributed by atoms with van der Waals surface area (Å²) in [5.74, 6) is 1.79. The SMILES string of the molecule is CNC(Cc1cc(Cl)ccc1F)C1CSCCO1. The zero-order valence-electron chi connectivity index (χ0n) is 10.3. The number of rotatable bonds is 4. The van der Waals surface area contributed by atoms with Crippen LogP contribution in [0, 0.1) is 5.82 Å². The zero-order chi connectivity index (χ0) is 13.0. The molecule has 2 atom stereocenters. The summed E-state index contributed by atoms with van der Waals surface area (Å²) in [6, 6.07) is 4.80. The Hall–Kier alpha value is -0.290. The van der Waals surface area contributed by atoms with E-state index in [2.05, 4.69) is 5.32 Å². The van der Waals surface area contributed by atoms with Crippen molar-refractivity contribution in [1.82, 2.24) is 5.32 Å². The highest BCUT2D eigenvalue weighted by Crippen LogP contribution is 2.21. The van der Waals surface area contributed by atoms with Crippen molar-refractivity contribution in [2.45, 2.75) is 18.6 Å². The summed E-state index contributed by atoms with van der Waals surface area (Å²) in [5, 5.41) is 3.79. The Morgan fingerprint density at radius 2 is 2.44 bits per heavy atom. The Balaban J connectivity index is 2.06. The van der Waals surface area contributed by atoms with Gasteiger partial charge in [0.1, 0.15) is 5.82 Å². The van der Waals surface area contributed by atoms with Crippen LogP contribution < -0.4 is 5.32 Å². The molecule has 0 bridgehead atoms. The van der Waals surface area contributed by atoms with Gasteiger partial charge in [-0.15, -0.1) is 0 Å². The van der Waals surface area contributed by atoms with Crippen molar-refractivity contribution in [3.8, 4) is 0 Å². The van der Waals surface area contributed by atoms with Crippen LogP contribution in [0.1, 0.15) is 5.56 Å². The average Bonchev–Trinajstić information content (AvgIpc) is 2.41. The molecule has 2 nitrogen and oxygen atoms in total. The first kappa shape index (κ1) is 14.1. The number of halogens is 2. The summed E-state index contributed by atoms with van der Waals surface area (Å²) in [5.41, 5.74) is 0.640. The highest BCUT2D eigenvalue weighted by Gasteiger charge is 2.24. The second-order valence-corrected chi connectivity index (χ2v) is 5.91. The molecule has 0 saturated carbocycles. The van der Waals surface area contributed by atoms with Crippen LogP contribution in [0.3, 0.4) is 0 Å². The first-order chi connectivity index (χ1) is 8.70. The fourth-order valence-electron chi connectivity index (χ4n) is 2.09. The maximum Gasteiger partial charge on any atom is 0.126 e. The molecule has 0 aliphatic carbocycles. The van der Waals surface area contributed by atoms with Crippen LogP contribution in [-0.4, -0.2) is 37.3 Å². The van der Waals surface area contributed by atoms with E-state index in [-0.39, 0.29) is 18.0 Å². The van der Waals surface area contributed by atoms with Crippen LogP contribution in [0.2, 0.25) is 5.02 Å². The first-order valence-corrected chi connectivity index (χ1v) is 7.54. The second-order valence-electron chi connectivity index (χ2n) is 4.32. The number of hydrogen-bond donors (Lipinski definition) is 1. The van der Waals surface area contributed by atoms with Crippen LogP contribution in [0.5, 0.6) is 0 Å². The van der Waals surface area contributed by atoms with E-state index >= 15 is 0 Å². The van der Waals surface area contributed by atoms with Gasteiger partial charge in [-0.05, 0) is 37.2 Å². The molecule has 1 aliphatic heterocycles. The summed E-state index contributed by atoms with van der Waals surface area (Å²) in [6.45, 7) is 0.769. The molecule has 0 spiro atoms. The molecule has 1 saturated heterocycles. The van der Waals surface area contributed by atoms with Gasteiger partial charge in [0, 0.05) is 22.6 Å². The molecule has 5 heteroatoms. The summed E-state index contributed by atoms with van der Waals surface area (Å²) >= 11 is 7.79. The van der Waals surface area contributed by atoms with Crippen LogP contribution in [0.25, 0.3) is 0 Å². The van der Waals surface area contributed by atoms with E-state index in [1.165, 1.54) is 6.07 Å². The maximum atomic E-state index is 13.7. The van der Waals surface area contributed by atoms with Crippen LogP contribution in [0.4, 0.5) is 4.39 Å². The Kier molecular flexibility index (Phi) is 5.30. The largest absolute Gasteiger partial charge is 0.375 e. The molecule has 1 aliphatic rings. The highest BCUT2D eigenvalue weighted by atomic mass is 35.5. The minimum Gasteiger partial charge on any atom is -0.375 e. The lowest BCUT2D eigenvalue weighted by molar-refractivity contribution is 0.0490. The van der Waals surface area contributed by atoms with E-state index in [0.717, 1.165) is 18.1 Å². The van der Waals surface area contributed by atoms with E-state index in [1.54, 1.807) is 12.1 Å². The molecular formula is C13H17ClFNOS. The predicted molar refractivity (Wildman–Crippen MR) is 75.0 cm³/mol. The van der Waals surface area contributed by atoms with Crippen molar-refractivity contribution in [3.05, 3.63) is 34.6 Å². The Morgan fingerprint density at radius 3 is 3.11 bits per heavy atom. The minimum atomic E-state index is -0.205. The Morgan fingerprint density at radius 1 is 1.61 bits per heavy atom. The topological polar surface area (TPSA) is 21.3 Å². The lowest BCUT2D eigenvalue weighted by Crippen LogP contribution is -2.44. The van der Waals surface area contributed by atoms with Gasteiger partial charge in [-0.3, -0.25) is 0 Å². The molecule has 2 rings (SSSR count). The molecule has 1 aromatic carbocycles. The molecule has 2 unspecified atom stereocenters. The molecule has 18 heavy (non-hydrogen) atoms. The monoisotopic (exact) mass is 289 g/mol. The van der Waals surface area contributed by atoms with Gasteiger partial charge in [0.2, 0.25) is 0 Å². The van der Waals surface area contributed by atoms with Gasteiger partial charge in [-0.1, -0.05) is 11.6 Å². The summed E-state index contributed by atoms with van der Waals surface area (Å²) in [7, 11) is 1.88. The van der Waals surface area contributed by atoms with Gasteiger partial charge in [0.15, 0.2) is 0 Å². The zero-order valence-corrected chi connectivity index (χ0v) is 11.9. The van der Waals surface area contributed by atoms with Gasteiger partial charge in [-0.25, -0.2) is 4.39 Å². The van der Waals surface area contributed by atoms with Crippen molar-refractivity contribution in [1.29, 1.82) is 0 Å². The fraction of sp³-hybridized carbons (Fsp3) is 0.538. The molecule has 1 N–H and O–H groups in total. The number of likely N-dealkylation sites (N-methyl/N-ethyl adjacent to an activating group) is 1. The van der Waals surface area contributed by atoms with E-state index < -0.39 is 0 Å². The van der Waals surface area contributed by atoms with Gasteiger partial charge in [-0.2, -0.15) is 11.8 Å². The van der Waals surface area contributed by atoms with Crippen molar-refractivity contribution < 1.29 is 9.13 Å². The van der Waals surface area contributed by atoms with E-state index in [9.17, 15) is 4.39 Å². The molecule has 1 heterocycles. The smallest absolute Gasteiger partial charge is 0.126 e. The normalized spacial score (nSPS) is 21.8. The first-order valence-electron chi connectivity index (χ1n) is 6.01. The number of benzene rings is 1. The summed E-state index contributed by atoms with van der Waals surface area (Å²) in [4.78, 5) is 0. The summed E-state index contributed by atoms with van der Waals surface area (Å²) in [6.07, 6.45) is 0.723. The number of nitrogens with one attached hydrogen (secondary N) is 1. The lowest BCUT2D eigenvalue weighted by Gasteiger charge is -2.30.